The molecule has 2 heteroatoms. The van der Waals surface area contributed by atoms with Crippen molar-refractivity contribution >= 4 is 0 Å². The second-order valence-corrected chi connectivity index (χ2v) is 3.94. The molecule has 0 amide bonds. The first-order valence-corrected chi connectivity index (χ1v) is 5.40. The lowest BCUT2D eigenvalue weighted by Crippen LogP contribution is -2.36. The van der Waals surface area contributed by atoms with E-state index < -0.39 is 0 Å². The van der Waals surface area contributed by atoms with Crippen LogP contribution in [0.25, 0.3) is 0 Å². The lowest BCUT2D eigenvalue weighted by atomic mass is 9.95. The highest BCUT2D eigenvalue weighted by Gasteiger charge is 2.13. The average Bonchev–Trinajstić information content (AvgIpc) is 2.18. The van der Waals surface area contributed by atoms with Crippen molar-refractivity contribution in [1.82, 2.24) is 10.2 Å². The van der Waals surface area contributed by atoms with Gasteiger partial charge in [-0.25, -0.2) is 0 Å². The Morgan fingerprint density at radius 2 is 2.00 bits per heavy atom. The predicted octanol–water partition coefficient (Wildman–Crippen LogP) is 2.33. The SMILES string of the molecule is C=C(NC1CCCCC1)N(C)CC. The van der Waals surface area contributed by atoms with E-state index in [4.69, 9.17) is 0 Å². The van der Waals surface area contributed by atoms with Crippen molar-refractivity contribution in [2.24, 2.45) is 0 Å². The van der Waals surface area contributed by atoms with E-state index in [1.165, 1.54) is 32.1 Å². The fourth-order valence-corrected chi connectivity index (χ4v) is 1.78. The van der Waals surface area contributed by atoms with Gasteiger partial charge in [0.25, 0.3) is 0 Å². The predicted molar refractivity (Wildman–Crippen MR) is 57.5 cm³/mol. The van der Waals surface area contributed by atoms with Crippen molar-refractivity contribution in [3.63, 3.8) is 0 Å². The van der Waals surface area contributed by atoms with Crippen molar-refractivity contribution in [2.45, 2.75) is 45.1 Å². The quantitative estimate of drug-likeness (QED) is 0.718. The second-order valence-electron chi connectivity index (χ2n) is 3.94. The first kappa shape index (κ1) is 10.4. The summed E-state index contributed by atoms with van der Waals surface area (Å²) in [6.07, 6.45) is 6.79. The summed E-state index contributed by atoms with van der Waals surface area (Å²) < 4.78 is 0. The molecule has 1 rings (SSSR count). The van der Waals surface area contributed by atoms with Crippen LogP contribution in [0.4, 0.5) is 0 Å². The van der Waals surface area contributed by atoms with Gasteiger partial charge in [0.1, 0.15) is 0 Å². The molecule has 0 atom stereocenters. The molecule has 0 spiro atoms. The average molecular weight is 182 g/mol. The van der Waals surface area contributed by atoms with Crippen LogP contribution in [0, 0.1) is 0 Å². The smallest absolute Gasteiger partial charge is 0.0938 e. The Bertz CT molecular complexity index is 159. The largest absolute Gasteiger partial charge is 0.370 e. The minimum atomic E-state index is 0.676. The molecular weight excluding hydrogens is 160 g/mol. The molecule has 0 radical (unpaired) electrons. The van der Waals surface area contributed by atoms with Crippen LogP contribution in [0.3, 0.4) is 0 Å². The molecule has 0 aromatic carbocycles. The topological polar surface area (TPSA) is 15.3 Å². The van der Waals surface area contributed by atoms with E-state index in [0.717, 1.165) is 12.4 Å². The standard InChI is InChI=1S/C11H22N2/c1-4-13(3)10(2)12-11-8-6-5-7-9-11/h11-12H,2,4-9H2,1,3H3. The van der Waals surface area contributed by atoms with Crippen molar-refractivity contribution in [1.29, 1.82) is 0 Å². The number of hydrogen-bond acceptors (Lipinski definition) is 2. The number of hydrogen-bond donors (Lipinski definition) is 1. The molecule has 0 saturated heterocycles. The summed E-state index contributed by atoms with van der Waals surface area (Å²) in [5, 5.41) is 3.50. The van der Waals surface area contributed by atoms with Gasteiger partial charge in [0.15, 0.2) is 0 Å². The molecule has 1 fully saturated rings. The van der Waals surface area contributed by atoms with Gasteiger partial charge in [-0.15, -0.1) is 0 Å². The maximum atomic E-state index is 4.03. The summed E-state index contributed by atoms with van der Waals surface area (Å²) in [6, 6.07) is 0.676. The molecule has 0 aromatic rings. The summed E-state index contributed by atoms with van der Waals surface area (Å²) in [5.41, 5.74) is 0. The number of nitrogens with zero attached hydrogens (tertiary/aromatic N) is 1. The molecule has 1 aliphatic rings. The summed E-state index contributed by atoms with van der Waals surface area (Å²) >= 11 is 0. The van der Waals surface area contributed by atoms with Crippen LogP contribution >= 0.6 is 0 Å². The van der Waals surface area contributed by atoms with Crippen LogP contribution in [-0.4, -0.2) is 24.5 Å². The molecule has 2 nitrogen and oxygen atoms in total. The highest BCUT2D eigenvalue weighted by molar-refractivity contribution is 4.92. The second kappa shape index (κ2) is 5.15. The number of nitrogens with one attached hydrogen (secondary N) is 1. The summed E-state index contributed by atoms with van der Waals surface area (Å²) in [6.45, 7) is 7.21. The van der Waals surface area contributed by atoms with E-state index in [1.807, 2.05) is 0 Å². The molecule has 13 heavy (non-hydrogen) atoms. The van der Waals surface area contributed by atoms with Gasteiger partial charge < -0.3 is 10.2 Å². The van der Waals surface area contributed by atoms with E-state index in [9.17, 15) is 0 Å². The molecule has 76 valence electrons. The third-order valence-corrected chi connectivity index (χ3v) is 2.91. The molecule has 0 unspecified atom stereocenters. The van der Waals surface area contributed by atoms with E-state index in [1.54, 1.807) is 0 Å². The fraction of sp³-hybridized carbons (Fsp3) is 0.818. The number of rotatable bonds is 4. The first-order chi connectivity index (χ1) is 6.24. The van der Waals surface area contributed by atoms with Crippen LogP contribution in [0.5, 0.6) is 0 Å². The van der Waals surface area contributed by atoms with Crippen LogP contribution in [0.15, 0.2) is 12.4 Å². The maximum absolute atomic E-state index is 4.03. The van der Waals surface area contributed by atoms with Crippen molar-refractivity contribution in [2.75, 3.05) is 13.6 Å². The third-order valence-electron chi connectivity index (χ3n) is 2.91. The minimum absolute atomic E-state index is 0.676. The fourth-order valence-electron chi connectivity index (χ4n) is 1.78. The van der Waals surface area contributed by atoms with Gasteiger partial charge in [0, 0.05) is 19.6 Å². The minimum Gasteiger partial charge on any atom is -0.370 e. The van der Waals surface area contributed by atoms with Crippen molar-refractivity contribution in [3.8, 4) is 0 Å². The molecule has 0 heterocycles. The molecule has 0 bridgehead atoms. The van der Waals surface area contributed by atoms with E-state index in [-0.39, 0.29) is 0 Å². The first-order valence-electron chi connectivity index (χ1n) is 5.40. The van der Waals surface area contributed by atoms with Crippen LogP contribution in [0.2, 0.25) is 0 Å². The molecular formula is C11H22N2. The lowest BCUT2D eigenvalue weighted by molar-refractivity contribution is 0.335. The van der Waals surface area contributed by atoms with Gasteiger partial charge in [-0.1, -0.05) is 25.8 Å². The van der Waals surface area contributed by atoms with E-state index in [2.05, 4.69) is 30.8 Å². The molecule has 0 aliphatic heterocycles. The Morgan fingerprint density at radius 3 is 2.54 bits per heavy atom. The zero-order chi connectivity index (χ0) is 9.68. The lowest BCUT2D eigenvalue weighted by Gasteiger charge is -2.29. The normalized spacial score (nSPS) is 18.3. The Hall–Kier alpha value is -0.660. The van der Waals surface area contributed by atoms with Crippen LogP contribution in [0.1, 0.15) is 39.0 Å². The summed E-state index contributed by atoms with van der Waals surface area (Å²) in [7, 11) is 2.08. The van der Waals surface area contributed by atoms with Gasteiger partial charge >= 0.3 is 0 Å². The monoisotopic (exact) mass is 182 g/mol. The van der Waals surface area contributed by atoms with Crippen molar-refractivity contribution < 1.29 is 0 Å². The highest BCUT2D eigenvalue weighted by atomic mass is 15.2. The van der Waals surface area contributed by atoms with E-state index >= 15 is 0 Å². The summed E-state index contributed by atoms with van der Waals surface area (Å²) in [5.74, 6) is 1.08. The van der Waals surface area contributed by atoms with Gasteiger partial charge in [0.2, 0.25) is 0 Å². The molecule has 1 aliphatic carbocycles. The Morgan fingerprint density at radius 1 is 1.38 bits per heavy atom. The maximum Gasteiger partial charge on any atom is 0.0938 e. The Kier molecular flexibility index (Phi) is 4.13. The zero-order valence-corrected chi connectivity index (χ0v) is 8.97. The van der Waals surface area contributed by atoms with Crippen molar-refractivity contribution in [3.05, 3.63) is 12.4 Å². The zero-order valence-electron chi connectivity index (χ0n) is 8.97. The van der Waals surface area contributed by atoms with Gasteiger partial charge in [-0.05, 0) is 19.8 Å². The van der Waals surface area contributed by atoms with Gasteiger partial charge in [-0.3, -0.25) is 0 Å². The highest BCUT2D eigenvalue weighted by Crippen LogP contribution is 2.18. The van der Waals surface area contributed by atoms with Crippen LogP contribution < -0.4 is 5.32 Å². The summed E-state index contributed by atoms with van der Waals surface area (Å²) in [4.78, 5) is 2.16. The Labute approximate surface area is 82.0 Å². The van der Waals surface area contributed by atoms with Crippen LogP contribution in [-0.2, 0) is 0 Å². The molecule has 1 N–H and O–H groups in total. The molecule has 0 aromatic heterocycles. The van der Waals surface area contributed by atoms with Gasteiger partial charge in [-0.2, -0.15) is 0 Å². The van der Waals surface area contributed by atoms with E-state index in [0.29, 0.717) is 6.04 Å². The molecule has 1 saturated carbocycles. The third kappa shape index (κ3) is 3.29. The Balaban J connectivity index is 2.26. The van der Waals surface area contributed by atoms with Gasteiger partial charge in [0.05, 0.1) is 5.82 Å².